The highest BCUT2D eigenvalue weighted by Crippen LogP contribution is 2.51. The molecule has 1 heteroatoms. The molecule has 112 valence electrons. The van der Waals surface area contributed by atoms with Crippen molar-refractivity contribution in [2.24, 2.45) is 11.7 Å². The minimum Gasteiger partial charge on any atom is -0.321 e. The molecular weight excluding hydrogens is 242 g/mol. The molecule has 2 unspecified atom stereocenters. The van der Waals surface area contributed by atoms with Crippen LogP contribution in [0.5, 0.6) is 0 Å². The van der Waals surface area contributed by atoms with Gasteiger partial charge in [0.05, 0.1) is 0 Å². The monoisotopic (exact) mass is 273 g/mol. The zero-order valence-corrected chi connectivity index (χ0v) is 13.9. The molecule has 2 rings (SSSR count). The van der Waals surface area contributed by atoms with Crippen LogP contribution in [0.1, 0.15) is 82.1 Å². The first-order valence-corrected chi connectivity index (χ1v) is 8.42. The predicted octanol–water partition coefficient (Wildman–Crippen LogP) is 4.91. The van der Waals surface area contributed by atoms with E-state index >= 15 is 0 Å². The quantitative estimate of drug-likeness (QED) is 0.810. The van der Waals surface area contributed by atoms with Gasteiger partial charge in [0.25, 0.3) is 0 Å². The van der Waals surface area contributed by atoms with Crippen molar-refractivity contribution in [1.29, 1.82) is 0 Å². The number of rotatable bonds is 5. The Bertz CT molecular complexity index is 473. The van der Waals surface area contributed by atoms with Gasteiger partial charge in [-0.15, -0.1) is 0 Å². The molecule has 3 atom stereocenters. The molecule has 0 spiro atoms. The maximum Gasteiger partial charge on any atom is 0.0415 e. The highest BCUT2D eigenvalue weighted by atomic mass is 14.8. The highest BCUT2D eigenvalue weighted by Gasteiger charge is 2.44. The van der Waals surface area contributed by atoms with Gasteiger partial charge >= 0.3 is 0 Å². The molecule has 1 aromatic carbocycles. The summed E-state index contributed by atoms with van der Waals surface area (Å²) in [6.07, 6.45) is 6.14. The third-order valence-electron chi connectivity index (χ3n) is 5.56. The number of unbranched alkanes of at least 4 members (excludes halogenated alkanes) is 1. The average molecular weight is 273 g/mol. The lowest BCUT2D eigenvalue weighted by molar-refractivity contribution is 0.301. The first-order chi connectivity index (χ1) is 9.48. The van der Waals surface area contributed by atoms with Crippen LogP contribution in [0.15, 0.2) is 12.1 Å². The van der Waals surface area contributed by atoms with E-state index in [4.69, 9.17) is 5.73 Å². The molecule has 0 bridgehead atoms. The summed E-state index contributed by atoms with van der Waals surface area (Å²) in [5.41, 5.74) is 12.7. The Morgan fingerprint density at radius 3 is 2.40 bits per heavy atom. The average Bonchev–Trinajstić information content (AvgIpc) is 2.64. The van der Waals surface area contributed by atoms with Crippen molar-refractivity contribution in [1.82, 2.24) is 0 Å². The van der Waals surface area contributed by atoms with Crippen LogP contribution in [0, 0.1) is 5.92 Å². The zero-order valence-electron chi connectivity index (χ0n) is 13.9. The van der Waals surface area contributed by atoms with Gasteiger partial charge in [-0.05, 0) is 60.3 Å². The molecular formula is C19H31N. The van der Waals surface area contributed by atoms with Gasteiger partial charge in [-0.3, -0.25) is 0 Å². The van der Waals surface area contributed by atoms with Crippen molar-refractivity contribution in [3.63, 3.8) is 0 Å². The van der Waals surface area contributed by atoms with E-state index in [1.54, 1.807) is 11.1 Å². The van der Waals surface area contributed by atoms with Gasteiger partial charge in [-0.25, -0.2) is 0 Å². The molecule has 2 N–H and O–H groups in total. The first-order valence-electron chi connectivity index (χ1n) is 8.42. The van der Waals surface area contributed by atoms with Crippen LogP contribution in [0.4, 0.5) is 0 Å². The normalized spacial score (nSPS) is 28.7. The van der Waals surface area contributed by atoms with Crippen LogP contribution in [-0.4, -0.2) is 0 Å². The van der Waals surface area contributed by atoms with Crippen LogP contribution in [0.2, 0.25) is 0 Å². The summed E-state index contributed by atoms with van der Waals surface area (Å²) in [4.78, 5) is 0. The van der Waals surface area contributed by atoms with Gasteiger partial charge < -0.3 is 5.73 Å². The summed E-state index contributed by atoms with van der Waals surface area (Å²) >= 11 is 0. The van der Waals surface area contributed by atoms with Crippen molar-refractivity contribution < 1.29 is 0 Å². The maximum absolute atomic E-state index is 6.71. The Balaban J connectivity index is 2.57. The smallest absolute Gasteiger partial charge is 0.0415 e. The van der Waals surface area contributed by atoms with E-state index in [0.29, 0.717) is 11.8 Å². The van der Waals surface area contributed by atoms with E-state index in [1.807, 2.05) is 0 Å². The summed E-state index contributed by atoms with van der Waals surface area (Å²) in [5.74, 6) is 1.20. The second-order valence-electron chi connectivity index (χ2n) is 6.69. The summed E-state index contributed by atoms with van der Waals surface area (Å²) in [6, 6.07) is 4.63. The number of hydrogen-bond donors (Lipinski definition) is 1. The lowest BCUT2D eigenvalue weighted by Gasteiger charge is -2.28. The molecule has 1 nitrogen and oxygen atoms in total. The Morgan fingerprint density at radius 1 is 1.15 bits per heavy atom. The highest BCUT2D eigenvalue weighted by molar-refractivity contribution is 5.51. The van der Waals surface area contributed by atoms with Crippen molar-refractivity contribution in [3.05, 3.63) is 34.4 Å². The molecule has 0 heterocycles. The van der Waals surface area contributed by atoms with Crippen LogP contribution >= 0.6 is 0 Å². The second-order valence-corrected chi connectivity index (χ2v) is 6.69. The van der Waals surface area contributed by atoms with E-state index in [2.05, 4.69) is 46.8 Å². The van der Waals surface area contributed by atoms with Gasteiger partial charge in [-0.1, -0.05) is 52.7 Å². The molecule has 0 radical (unpaired) electrons. The standard InChI is InChI=1S/C19H31N/c1-6-9-10-16-13(4)19(5,20)17-12-11-14(7-2)15(8-3)18(16)17/h11-13,16H,6-10,20H2,1-5H3/t13?,16?,19-/m1/s1. The predicted molar refractivity (Wildman–Crippen MR) is 88.2 cm³/mol. The Morgan fingerprint density at radius 2 is 1.85 bits per heavy atom. The van der Waals surface area contributed by atoms with E-state index in [0.717, 1.165) is 12.8 Å². The van der Waals surface area contributed by atoms with Crippen molar-refractivity contribution in [2.45, 2.75) is 78.2 Å². The maximum atomic E-state index is 6.71. The Kier molecular flexibility index (Phi) is 4.59. The molecule has 1 aliphatic carbocycles. The molecule has 0 aromatic heterocycles. The molecule has 20 heavy (non-hydrogen) atoms. The molecule has 1 aliphatic rings. The van der Waals surface area contributed by atoms with Crippen LogP contribution in [0.3, 0.4) is 0 Å². The number of nitrogens with two attached hydrogens (primary N) is 1. The van der Waals surface area contributed by atoms with E-state index in [9.17, 15) is 0 Å². The summed E-state index contributed by atoms with van der Waals surface area (Å²) < 4.78 is 0. The van der Waals surface area contributed by atoms with Gasteiger partial charge in [0.2, 0.25) is 0 Å². The third kappa shape index (κ3) is 2.30. The van der Waals surface area contributed by atoms with Crippen molar-refractivity contribution >= 4 is 0 Å². The fraction of sp³-hybridized carbons (Fsp3) is 0.684. The Labute approximate surface area is 125 Å². The topological polar surface area (TPSA) is 26.0 Å². The second kappa shape index (κ2) is 5.89. The van der Waals surface area contributed by atoms with Gasteiger partial charge in [-0.2, -0.15) is 0 Å². The minimum absolute atomic E-state index is 0.163. The lowest BCUT2D eigenvalue weighted by Crippen LogP contribution is -2.37. The molecule has 0 aliphatic heterocycles. The van der Waals surface area contributed by atoms with Gasteiger partial charge in [0.15, 0.2) is 0 Å². The lowest BCUT2D eigenvalue weighted by atomic mass is 9.81. The number of hydrogen-bond acceptors (Lipinski definition) is 1. The fourth-order valence-electron chi connectivity index (χ4n) is 4.08. The van der Waals surface area contributed by atoms with E-state index < -0.39 is 0 Å². The van der Waals surface area contributed by atoms with E-state index in [-0.39, 0.29) is 5.54 Å². The molecule has 0 fully saturated rings. The van der Waals surface area contributed by atoms with Crippen LogP contribution in [0.25, 0.3) is 0 Å². The van der Waals surface area contributed by atoms with Crippen molar-refractivity contribution in [2.75, 3.05) is 0 Å². The zero-order chi connectivity index (χ0) is 14.9. The largest absolute Gasteiger partial charge is 0.321 e. The van der Waals surface area contributed by atoms with Crippen LogP contribution in [-0.2, 0) is 18.4 Å². The Hall–Kier alpha value is -0.820. The molecule has 0 saturated heterocycles. The first kappa shape index (κ1) is 15.6. The van der Waals surface area contributed by atoms with Crippen molar-refractivity contribution in [3.8, 4) is 0 Å². The van der Waals surface area contributed by atoms with Gasteiger partial charge in [0, 0.05) is 5.54 Å². The van der Waals surface area contributed by atoms with Crippen LogP contribution < -0.4 is 5.73 Å². The summed E-state index contributed by atoms with van der Waals surface area (Å²) in [5, 5.41) is 0. The molecule has 0 amide bonds. The van der Waals surface area contributed by atoms with E-state index in [1.165, 1.54) is 30.4 Å². The third-order valence-corrected chi connectivity index (χ3v) is 5.56. The summed E-state index contributed by atoms with van der Waals surface area (Å²) in [7, 11) is 0. The fourth-order valence-corrected chi connectivity index (χ4v) is 4.08. The number of aryl methyl sites for hydroxylation is 1. The molecule has 0 saturated carbocycles. The minimum atomic E-state index is -0.163. The number of benzene rings is 1. The summed E-state index contributed by atoms with van der Waals surface area (Å²) in [6.45, 7) is 11.4. The number of fused-ring (bicyclic) bond motifs is 1. The SMILES string of the molecule is CCCCC1c2c(ccc(CC)c2CC)[C@](C)(N)C1C. The van der Waals surface area contributed by atoms with Gasteiger partial charge in [0.1, 0.15) is 0 Å². The molecule has 1 aromatic rings.